The molecule has 1 saturated heterocycles. The lowest BCUT2D eigenvalue weighted by molar-refractivity contribution is -0.137. The molecule has 0 spiro atoms. The van der Waals surface area contributed by atoms with Crippen molar-refractivity contribution in [2.24, 2.45) is 5.41 Å². The molecule has 0 N–H and O–H groups in total. The summed E-state index contributed by atoms with van der Waals surface area (Å²) >= 11 is 0. The summed E-state index contributed by atoms with van der Waals surface area (Å²) in [6, 6.07) is 23.5. The van der Waals surface area contributed by atoms with Crippen LogP contribution in [0.15, 0.2) is 60.7 Å². The Morgan fingerprint density at radius 2 is 1.38 bits per heavy atom. The summed E-state index contributed by atoms with van der Waals surface area (Å²) in [5.74, 6) is 0.0376. The molecule has 1 aliphatic carbocycles. The van der Waals surface area contributed by atoms with Crippen molar-refractivity contribution in [3.8, 4) is 6.07 Å². The molecule has 0 unspecified atom stereocenters. The molecule has 4 heteroatoms. The molecule has 2 aromatic rings. The molecule has 1 heterocycles. The van der Waals surface area contributed by atoms with Crippen LogP contribution in [0, 0.1) is 16.7 Å². The van der Waals surface area contributed by atoms with Crippen molar-refractivity contribution in [2.75, 3.05) is 26.2 Å². The third-order valence-corrected chi connectivity index (χ3v) is 5.57. The van der Waals surface area contributed by atoms with E-state index in [4.69, 9.17) is 0 Å². The van der Waals surface area contributed by atoms with Crippen LogP contribution in [0.2, 0.25) is 0 Å². The van der Waals surface area contributed by atoms with Gasteiger partial charge in [0.15, 0.2) is 0 Å². The van der Waals surface area contributed by atoms with Crippen LogP contribution in [-0.4, -0.2) is 41.9 Å². The van der Waals surface area contributed by atoms with Gasteiger partial charge in [0, 0.05) is 26.2 Å². The van der Waals surface area contributed by atoms with Crippen LogP contribution in [-0.2, 0) is 4.79 Å². The Morgan fingerprint density at radius 1 is 0.885 bits per heavy atom. The number of hydrogen-bond acceptors (Lipinski definition) is 3. The zero-order valence-corrected chi connectivity index (χ0v) is 14.8. The van der Waals surface area contributed by atoms with Gasteiger partial charge in [0.1, 0.15) is 5.41 Å². The van der Waals surface area contributed by atoms with E-state index in [0.29, 0.717) is 13.1 Å². The first-order chi connectivity index (χ1) is 12.7. The standard InChI is InChI=1S/C22H23N3O/c23-17-22(11-12-22)21(26)25-15-13-24(14-16-25)20(18-7-3-1-4-8-18)19-9-5-2-6-10-19/h1-10,20H,11-16H2. The van der Waals surface area contributed by atoms with Crippen LogP contribution in [0.25, 0.3) is 0 Å². The quantitative estimate of drug-likeness (QED) is 0.855. The molecule has 2 fully saturated rings. The predicted molar refractivity (Wildman–Crippen MR) is 100 cm³/mol. The number of rotatable bonds is 4. The van der Waals surface area contributed by atoms with E-state index in [1.165, 1.54) is 11.1 Å². The number of nitriles is 1. The Kier molecular flexibility index (Phi) is 4.48. The first-order valence-electron chi connectivity index (χ1n) is 9.28. The van der Waals surface area contributed by atoms with Gasteiger partial charge in [-0.1, -0.05) is 60.7 Å². The number of carbonyl (C=O) groups is 1. The first-order valence-corrected chi connectivity index (χ1v) is 9.28. The predicted octanol–water partition coefficient (Wildman–Crippen LogP) is 3.22. The van der Waals surface area contributed by atoms with E-state index < -0.39 is 5.41 Å². The maximum Gasteiger partial charge on any atom is 0.243 e. The molecule has 4 rings (SSSR count). The third kappa shape index (κ3) is 3.11. The van der Waals surface area contributed by atoms with Gasteiger partial charge >= 0.3 is 0 Å². The lowest BCUT2D eigenvalue weighted by Gasteiger charge is -2.40. The van der Waals surface area contributed by atoms with Crippen LogP contribution in [0.3, 0.4) is 0 Å². The highest BCUT2D eigenvalue weighted by molar-refractivity contribution is 5.88. The van der Waals surface area contributed by atoms with Crippen LogP contribution < -0.4 is 0 Å². The van der Waals surface area contributed by atoms with Crippen molar-refractivity contribution >= 4 is 5.91 Å². The molecule has 0 bridgehead atoms. The molecule has 2 aliphatic rings. The second-order valence-electron chi connectivity index (χ2n) is 7.25. The Morgan fingerprint density at radius 3 is 1.81 bits per heavy atom. The van der Waals surface area contributed by atoms with E-state index in [9.17, 15) is 10.1 Å². The van der Waals surface area contributed by atoms with Gasteiger partial charge in [-0.25, -0.2) is 0 Å². The van der Waals surface area contributed by atoms with E-state index in [-0.39, 0.29) is 11.9 Å². The normalized spacial score (nSPS) is 19.2. The Balaban J connectivity index is 1.52. The molecule has 2 aromatic carbocycles. The third-order valence-electron chi connectivity index (χ3n) is 5.57. The largest absolute Gasteiger partial charge is 0.339 e. The first kappa shape index (κ1) is 16.8. The van der Waals surface area contributed by atoms with Crippen LogP contribution in [0.4, 0.5) is 0 Å². The van der Waals surface area contributed by atoms with Gasteiger partial charge in [0.25, 0.3) is 0 Å². The minimum Gasteiger partial charge on any atom is -0.339 e. The van der Waals surface area contributed by atoms with Gasteiger partial charge < -0.3 is 4.90 Å². The summed E-state index contributed by atoms with van der Waals surface area (Å²) in [6.07, 6.45) is 1.44. The number of carbonyl (C=O) groups excluding carboxylic acids is 1. The van der Waals surface area contributed by atoms with Crippen molar-refractivity contribution in [2.45, 2.75) is 18.9 Å². The van der Waals surface area contributed by atoms with Gasteiger partial charge in [-0.3, -0.25) is 9.69 Å². The summed E-state index contributed by atoms with van der Waals surface area (Å²) in [6.45, 7) is 3.03. The number of piperazine rings is 1. The lowest BCUT2D eigenvalue weighted by atomic mass is 9.96. The number of amides is 1. The average molecular weight is 345 g/mol. The Labute approximate surface area is 154 Å². The van der Waals surface area contributed by atoms with E-state index in [2.05, 4.69) is 59.5 Å². The maximum atomic E-state index is 12.6. The fourth-order valence-corrected chi connectivity index (χ4v) is 3.87. The van der Waals surface area contributed by atoms with Gasteiger partial charge in [-0.05, 0) is 24.0 Å². The van der Waals surface area contributed by atoms with Crippen molar-refractivity contribution in [1.29, 1.82) is 5.26 Å². The summed E-state index contributed by atoms with van der Waals surface area (Å²) in [4.78, 5) is 16.9. The Bertz CT molecular complexity index is 761. The number of nitrogens with zero attached hydrogens (tertiary/aromatic N) is 3. The highest BCUT2D eigenvalue weighted by atomic mass is 16.2. The fourth-order valence-electron chi connectivity index (χ4n) is 3.87. The smallest absolute Gasteiger partial charge is 0.243 e. The second-order valence-corrected chi connectivity index (χ2v) is 7.25. The minimum atomic E-state index is -0.708. The molecule has 0 radical (unpaired) electrons. The zero-order valence-electron chi connectivity index (χ0n) is 14.8. The lowest BCUT2D eigenvalue weighted by Crippen LogP contribution is -2.51. The van der Waals surface area contributed by atoms with Crippen molar-refractivity contribution in [3.63, 3.8) is 0 Å². The SMILES string of the molecule is N#CC1(C(=O)N2CCN(C(c3ccccc3)c3ccccc3)CC2)CC1. The van der Waals surface area contributed by atoms with Crippen LogP contribution >= 0.6 is 0 Å². The summed E-state index contributed by atoms with van der Waals surface area (Å²) in [7, 11) is 0. The fraction of sp³-hybridized carbons (Fsp3) is 0.364. The monoisotopic (exact) mass is 345 g/mol. The Hall–Kier alpha value is -2.64. The molecule has 1 saturated carbocycles. The highest BCUT2D eigenvalue weighted by Gasteiger charge is 2.52. The van der Waals surface area contributed by atoms with Gasteiger partial charge in [0.2, 0.25) is 5.91 Å². The highest BCUT2D eigenvalue weighted by Crippen LogP contribution is 2.46. The molecular formula is C22H23N3O. The average Bonchev–Trinajstić information content (AvgIpc) is 3.51. The summed E-state index contributed by atoms with van der Waals surface area (Å²) in [5.41, 5.74) is 1.84. The second kappa shape index (κ2) is 6.93. The maximum absolute atomic E-state index is 12.6. The molecule has 4 nitrogen and oxygen atoms in total. The van der Waals surface area contributed by atoms with Gasteiger partial charge in [-0.15, -0.1) is 0 Å². The zero-order chi connectivity index (χ0) is 18.0. The number of benzene rings is 2. The van der Waals surface area contributed by atoms with Gasteiger partial charge in [-0.2, -0.15) is 5.26 Å². The molecular weight excluding hydrogens is 322 g/mol. The van der Waals surface area contributed by atoms with Crippen molar-refractivity contribution < 1.29 is 4.79 Å². The molecule has 132 valence electrons. The van der Waals surface area contributed by atoms with Crippen molar-refractivity contribution in [3.05, 3.63) is 71.8 Å². The minimum absolute atomic E-state index is 0.0376. The topological polar surface area (TPSA) is 47.3 Å². The molecule has 26 heavy (non-hydrogen) atoms. The van der Waals surface area contributed by atoms with E-state index >= 15 is 0 Å². The molecule has 1 aliphatic heterocycles. The molecule has 0 atom stereocenters. The number of hydrogen-bond donors (Lipinski definition) is 0. The van der Waals surface area contributed by atoms with E-state index in [1.54, 1.807) is 0 Å². The van der Waals surface area contributed by atoms with Crippen LogP contribution in [0.5, 0.6) is 0 Å². The summed E-state index contributed by atoms with van der Waals surface area (Å²) < 4.78 is 0. The van der Waals surface area contributed by atoms with E-state index in [0.717, 1.165) is 25.9 Å². The summed E-state index contributed by atoms with van der Waals surface area (Å²) in [5, 5.41) is 9.29. The van der Waals surface area contributed by atoms with E-state index in [1.807, 2.05) is 17.0 Å². The van der Waals surface area contributed by atoms with Crippen LogP contribution in [0.1, 0.15) is 30.0 Å². The molecule has 0 aromatic heterocycles. The van der Waals surface area contributed by atoms with Gasteiger partial charge in [0.05, 0.1) is 12.1 Å². The van der Waals surface area contributed by atoms with Crippen molar-refractivity contribution in [1.82, 2.24) is 9.80 Å². The molecule has 1 amide bonds.